The van der Waals surface area contributed by atoms with Crippen molar-refractivity contribution in [2.75, 3.05) is 26.3 Å². The lowest BCUT2D eigenvalue weighted by Crippen LogP contribution is -2.50. The predicted molar refractivity (Wildman–Crippen MR) is 83.2 cm³/mol. The van der Waals surface area contributed by atoms with Gasteiger partial charge in [0.05, 0.1) is 19.1 Å². The van der Waals surface area contributed by atoms with Crippen molar-refractivity contribution in [1.82, 2.24) is 9.88 Å². The molecular formula is C14H20N2O3S2. The summed E-state index contributed by atoms with van der Waals surface area (Å²) in [6, 6.07) is 0. The van der Waals surface area contributed by atoms with E-state index in [1.807, 2.05) is 11.8 Å². The van der Waals surface area contributed by atoms with Gasteiger partial charge in [0.2, 0.25) is 5.91 Å². The fourth-order valence-electron chi connectivity index (χ4n) is 2.88. The van der Waals surface area contributed by atoms with Crippen LogP contribution in [-0.4, -0.2) is 54.3 Å². The number of carbonyl (C=O) groups is 1. The first kappa shape index (κ1) is 15.1. The molecule has 2 atom stereocenters. The highest BCUT2D eigenvalue weighted by Gasteiger charge is 2.32. The SMILES string of the molecule is Cc1[nH]c(=S)sc1CC(=O)N1CCO[C@H]([C@H]2CCCO2)C1. The summed E-state index contributed by atoms with van der Waals surface area (Å²) in [6.45, 7) is 4.67. The molecule has 1 aromatic heterocycles. The van der Waals surface area contributed by atoms with Crippen LogP contribution in [0, 0.1) is 10.9 Å². The lowest BCUT2D eigenvalue weighted by atomic mass is 10.1. The topological polar surface area (TPSA) is 54.6 Å². The Labute approximate surface area is 133 Å². The number of nitrogens with one attached hydrogen (secondary N) is 1. The second-order valence-corrected chi connectivity index (χ2v) is 7.31. The smallest absolute Gasteiger partial charge is 0.228 e. The number of morpholine rings is 1. The molecule has 1 N–H and O–H groups in total. The molecule has 2 aliphatic rings. The Morgan fingerprint density at radius 3 is 2.90 bits per heavy atom. The molecular weight excluding hydrogens is 308 g/mol. The molecule has 3 rings (SSSR count). The van der Waals surface area contributed by atoms with Crippen molar-refractivity contribution in [2.24, 2.45) is 0 Å². The Balaban J connectivity index is 1.61. The van der Waals surface area contributed by atoms with E-state index in [9.17, 15) is 4.79 Å². The third-order valence-electron chi connectivity index (χ3n) is 4.06. The summed E-state index contributed by atoms with van der Waals surface area (Å²) in [5.41, 5.74) is 1.00. The van der Waals surface area contributed by atoms with E-state index in [0.29, 0.717) is 26.1 Å². The molecule has 0 bridgehead atoms. The van der Waals surface area contributed by atoms with Crippen molar-refractivity contribution >= 4 is 29.5 Å². The number of aryl methyl sites for hydroxylation is 1. The molecule has 0 saturated carbocycles. The second-order valence-electron chi connectivity index (χ2n) is 5.54. The lowest BCUT2D eigenvalue weighted by Gasteiger charge is -2.35. The Kier molecular flexibility index (Phi) is 4.73. The molecule has 2 aliphatic heterocycles. The van der Waals surface area contributed by atoms with Crippen LogP contribution in [0.25, 0.3) is 0 Å². The molecule has 0 aliphatic carbocycles. The molecule has 2 saturated heterocycles. The van der Waals surface area contributed by atoms with Gasteiger partial charge in [0.15, 0.2) is 3.95 Å². The molecule has 116 valence electrons. The molecule has 0 spiro atoms. The molecule has 7 heteroatoms. The number of rotatable bonds is 3. The van der Waals surface area contributed by atoms with Crippen LogP contribution in [0.2, 0.25) is 0 Å². The molecule has 1 aromatic rings. The van der Waals surface area contributed by atoms with Gasteiger partial charge >= 0.3 is 0 Å². The standard InChI is InChI=1S/C14H20N2O3S2/c1-9-12(21-14(20)15-9)7-13(17)16-4-6-19-11(8-16)10-3-2-5-18-10/h10-11H,2-8H2,1H3,(H,15,20)/t10-,11+/m1/s1. The van der Waals surface area contributed by atoms with Gasteiger partial charge in [-0.3, -0.25) is 4.79 Å². The number of hydrogen-bond donors (Lipinski definition) is 1. The monoisotopic (exact) mass is 328 g/mol. The molecule has 0 radical (unpaired) electrons. The first-order chi connectivity index (χ1) is 10.1. The number of H-pyrrole nitrogens is 1. The highest BCUT2D eigenvalue weighted by molar-refractivity contribution is 7.73. The van der Waals surface area contributed by atoms with E-state index in [0.717, 1.165) is 34.0 Å². The summed E-state index contributed by atoms with van der Waals surface area (Å²) < 4.78 is 12.2. The summed E-state index contributed by atoms with van der Waals surface area (Å²) >= 11 is 6.61. The number of carbonyl (C=O) groups excluding carboxylic acids is 1. The van der Waals surface area contributed by atoms with Gasteiger partial charge in [0, 0.05) is 30.3 Å². The number of thiazole rings is 1. The molecule has 5 nitrogen and oxygen atoms in total. The van der Waals surface area contributed by atoms with Crippen molar-refractivity contribution in [3.8, 4) is 0 Å². The summed E-state index contributed by atoms with van der Waals surface area (Å²) in [5, 5.41) is 0. The normalized spacial score (nSPS) is 26.2. The Bertz CT molecular complexity index is 563. The van der Waals surface area contributed by atoms with Crippen LogP contribution in [0.15, 0.2) is 0 Å². The average molecular weight is 328 g/mol. The van der Waals surface area contributed by atoms with E-state index in [1.165, 1.54) is 11.3 Å². The first-order valence-electron chi connectivity index (χ1n) is 7.33. The number of aromatic amines is 1. The van der Waals surface area contributed by atoms with Crippen LogP contribution in [0.5, 0.6) is 0 Å². The van der Waals surface area contributed by atoms with Crippen molar-refractivity contribution in [1.29, 1.82) is 0 Å². The minimum Gasteiger partial charge on any atom is -0.375 e. The van der Waals surface area contributed by atoms with Crippen LogP contribution < -0.4 is 0 Å². The quantitative estimate of drug-likeness (QED) is 0.863. The zero-order valence-corrected chi connectivity index (χ0v) is 13.7. The van der Waals surface area contributed by atoms with E-state index in [1.54, 1.807) is 0 Å². The number of nitrogens with zero attached hydrogens (tertiary/aromatic N) is 1. The van der Waals surface area contributed by atoms with E-state index < -0.39 is 0 Å². The van der Waals surface area contributed by atoms with Crippen molar-refractivity contribution in [3.63, 3.8) is 0 Å². The second kappa shape index (κ2) is 6.56. The first-order valence-corrected chi connectivity index (χ1v) is 8.55. The summed E-state index contributed by atoms with van der Waals surface area (Å²) in [4.78, 5) is 18.5. The largest absolute Gasteiger partial charge is 0.375 e. The molecule has 1 amide bonds. The molecule has 21 heavy (non-hydrogen) atoms. The van der Waals surface area contributed by atoms with Gasteiger partial charge in [0.25, 0.3) is 0 Å². The number of amides is 1. The predicted octanol–water partition coefficient (Wildman–Crippen LogP) is 2.06. The highest BCUT2D eigenvalue weighted by Crippen LogP contribution is 2.22. The lowest BCUT2D eigenvalue weighted by molar-refractivity contribution is -0.144. The van der Waals surface area contributed by atoms with Gasteiger partial charge in [-0.05, 0) is 32.0 Å². The third-order valence-corrected chi connectivity index (χ3v) is 5.40. The molecule has 0 unspecified atom stereocenters. The minimum atomic E-state index is 0.0238. The van der Waals surface area contributed by atoms with E-state index in [2.05, 4.69) is 4.98 Å². The number of ether oxygens (including phenoxy) is 2. The Morgan fingerprint density at radius 2 is 2.24 bits per heavy atom. The molecule has 3 heterocycles. The molecule has 2 fully saturated rings. The van der Waals surface area contributed by atoms with Crippen LogP contribution in [0.3, 0.4) is 0 Å². The van der Waals surface area contributed by atoms with E-state index >= 15 is 0 Å². The minimum absolute atomic E-state index is 0.0238. The van der Waals surface area contributed by atoms with Gasteiger partial charge in [-0.2, -0.15) is 0 Å². The van der Waals surface area contributed by atoms with Crippen molar-refractivity contribution in [3.05, 3.63) is 14.5 Å². The van der Waals surface area contributed by atoms with Gasteiger partial charge in [-0.15, -0.1) is 11.3 Å². The van der Waals surface area contributed by atoms with Crippen LogP contribution in [0.1, 0.15) is 23.4 Å². The van der Waals surface area contributed by atoms with Crippen molar-refractivity contribution in [2.45, 2.75) is 38.4 Å². The highest BCUT2D eigenvalue weighted by atomic mass is 32.1. The average Bonchev–Trinajstić information content (AvgIpc) is 3.09. The fraction of sp³-hybridized carbons (Fsp3) is 0.714. The maximum Gasteiger partial charge on any atom is 0.228 e. The fourth-order valence-corrected chi connectivity index (χ4v) is 4.16. The van der Waals surface area contributed by atoms with Gasteiger partial charge in [-0.1, -0.05) is 0 Å². The Morgan fingerprint density at radius 1 is 1.43 bits per heavy atom. The number of hydrogen-bond acceptors (Lipinski definition) is 5. The Hall–Kier alpha value is -0.760. The van der Waals surface area contributed by atoms with Crippen LogP contribution in [0.4, 0.5) is 0 Å². The van der Waals surface area contributed by atoms with Crippen LogP contribution >= 0.6 is 23.6 Å². The zero-order chi connectivity index (χ0) is 14.8. The third kappa shape index (κ3) is 3.53. The van der Waals surface area contributed by atoms with Gasteiger partial charge in [-0.25, -0.2) is 0 Å². The maximum atomic E-state index is 12.5. The number of aromatic nitrogens is 1. The maximum absolute atomic E-state index is 12.5. The summed E-state index contributed by atoms with van der Waals surface area (Å²) in [6.07, 6.45) is 2.71. The zero-order valence-electron chi connectivity index (χ0n) is 12.1. The van der Waals surface area contributed by atoms with Gasteiger partial charge in [0.1, 0.15) is 6.10 Å². The van der Waals surface area contributed by atoms with Crippen LogP contribution in [-0.2, 0) is 20.7 Å². The van der Waals surface area contributed by atoms with E-state index in [4.69, 9.17) is 21.7 Å². The van der Waals surface area contributed by atoms with E-state index in [-0.39, 0.29) is 18.1 Å². The van der Waals surface area contributed by atoms with Gasteiger partial charge < -0.3 is 19.4 Å². The summed E-state index contributed by atoms with van der Waals surface area (Å²) in [5.74, 6) is 0.148. The molecule has 0 aromatic carbocycles. The van der Waals surface area contributed by atoms with Crippen molar-refractivity contribution < 1.29 is 14.3 Å². The summed E-state index contributed by atoms with van der Waals surface area (Å²) in [7, 11) is 0.